The number of hydrogen-bond donors (Lipinski definition) is 1. The summed E-state index contributed by atoms with van der Waals surface area (Å²) >= 11 is 5.84. The van der Waals surface area contributed by atoms with Gasteiger partial charge in [-0.05, 0) is 49.4 Å². The fraction of sp³-hybridized carbons (Fsp3) is 0.562. The highest BCUT2D eigenvalue weighted by Gasteiger charge is 2.22. The fourth-order valence-electron chi connectivity index (χ4n) is 2.39. The van der Waals surface area contributed by atoms with Crippen LogP contribution in [0.15, 0.2) is 24.3 Å². The van der Waals surface area contributed by atoms with Gasteiger partial charge >= 0.3 is 6.03 Å². The standard InChI is InChI=1S/C16H23ClN2O2/c1-2-9-18-16(20)19-10-7-13(8-11-19)12-21-15-5-3-14(17)4-6-15/h3-6,13H,2,7-12H2,1H3,(H,18,20). The van der Waals surface area contributed by atoms with Crippen molar-refractivity contribution in [1.82, 2.24) is 10.2 Å². The number of likely N-dealkylation sites (tertiary alicyclic amines) is 1. The van der Waals surface area contributed by atoms with E-state index in [0.29, 0.717) is 17.5 Å². The van der Waals surface area contributed by atoms with Crippen LogP contribution in [0.4, 0.5) is 4.79 Å². The van der Waals surface area contributed by atoms with Crippen molar-refractivity contribution >= 4 is 17.6 Å². The van der Waals surface area contributed by atoms with Gasteiger partial charge in [0.25, 0.3) is 0 Å². The highest BCUT2D eigenvalue weighted by atomic mass is 35.5. The Hall–Kier alpha value is -1.42. The van der Waals surface area contributed by atoms with Crippen LogP contribution in [0.25, 0.3) is 0 Å². The Balaban J connectivity index is 1.69. The molecule has 0 atom stereocenters. The van der Waals surface area contributed by atoms with Gasteiger partial charge in [-0.15, -0.1) is 0 Å². The highest BCUT2D eigenvalue weighted by Crippen LogP contribution is 2.20. The lowest BCUT2D eigenvalue weighted by atomic mass is 9.98. The van der Waals surface area contributed by atoms with Gasteiger partial charge in [-0.3, -0.25) is 0 Å². The minimum Gasteiger partial charge on any atom is -0.493 e. The Morgan fingerprint density at radius 1 is 1.33 bits per heavy atom. The number of halogens is 1. The second kappa shape index (κ2) is 8.13. The minimum atomic E-state index is 0.0638. The number of hydrogen-bond acceptors (Lipinski definition) is 2. The molecule has 0 aromatic heterocycles. The van der Waals surface area contributed by atoms with Crippen molar-refractivity contribution in [2.45, 2.75) is 26.2 Å². The first-order chi connectivity index (χ1) is 10.2. The van der Waals surface area contributed by atoms with Crippen LogP contribution in [-0.2, 0) is 0 Å². The largest absolute Gasteiger partial charge is 0.493 e. The summed E-state index contributed by atoms with van der Waals surface area (Å²) in [4.78, 5) is 13.7. The highest BCUT2D eigenvalue weighted by molar-refractivity contribution is 6.30. The van der Waals surface area contributed by atoms with Crippen molar-refractivity contribution in [3.05, 3.63) is 29.3 Å². The molecule has 1 heterocycles. The molecule has 1 fully saturated rings. The zero-order valence-electron chi connectivity index (χ0n) is 12.5. The van der Waals surface area contributed by atoms with E-state index in [1.165, 1.54) is 0 Å². The van der Waals surface area contributed by atoms with Gasteiger partial charge in [0.1, 0.15) is 5.75 Å². The molecule has 4 nitrogen and oxygen atoms in total. The maximum Gasteiger partial charge on any atom is 0.317 e. The number of benzene rings is 1. The SMILES string of the molecule is CCCNC(=O)N1CCC(COc2ccc(Cl)cc2)CC1. The van der Waals surface area contributed by atoms with E-state index in [2.05, 4.69) is 12.2 Å². The molecule has 1 aliphatic heterocycles. The lowest BCUT2D eigenvalue weighted by molar-refractivity contribution is 0.145. The number of ether oxygens (including phenoxy) is 1. The summed E-state index contributed by atoms with van der Waals surface area (Å²) in [6, 6.07) is 7.49. The number of amides is 2. The maximum absolute atomic E-state index is 11.8. The molecule has 1 aromatic rings. The third-order valence-electron chi connectivity index (χ3n) is 3.73. The van der Waals surface area contributed by atoms with Crippen molar-refractivity contribution in [3.8, 4) is 5.75 Å². The average Bonchev–Trinajstić information content (AvgIpc) is 2.52. The smallest absolute Gasteiger partial charge is 0.317 e. The number of urea groups is 1. The normalized spacial score (nSPS) is 15.8. The third kappa shape index (κ3) is 5.12. The predicted octanol–water partition coefficient (Wildman–Crippen LogP) is 3.55. The molecule has 0 saturated carbocycles. The first-order valence-corrected chi connectivity index (χ1v) is 7.98. The van der Waals surface area contributed by atoms with Gasteiger partial charge in [0, 0.05) is 24.7 Å². The lowest BCUT2D eigenvalue weighted by Gasteiger charge is -2.31. The molecule has 2 rings (SSSR count). The molecule has 0 aliphatic carbocycles. The van der Waals surface area contributed by atoms with E-state index in [1.54, 1.807) is 0 Å². The molecule has 21 heavy (non-hydrogen) atoms. The summed E-state index contributed by atoms with van der Waals surface area (Å²) < 4.78 is 5.78. The molecule has 1 N–H and O–H groups in total. The van der Waals surface area contributed by atoms with E-state index in [9.17, 15) is 4.79 Å². The van der Waals surface area contributed by atoms with E-state index in [-0.39, 0.29) is 6.03 Å². The monoisotopic (exact) mass is 310 g/mol. The number of carbonyl (C=O) groups is 1. The summed E-state index contributed by atoms with van der Waals surface area (Å²) in [7, 11) is 0. The van der Waals surface area contributed by atoms with Crippen LogP contribution in [0.2, 0.25) is 5.02 Å². The molecule has 1 saturated heterocycles. The quantitative estimate of drug-likeness (QED) is 0.903. The van der Waals surface area contributed by atoms with Gasteiger partial charge in [0.15, 0.2) is 0 Å². The summed E-state index contributed by atoms with van der Waals surface area (Å²) in [6.45, 7) is 5.12. The summed E-state index contributed by atoms with van der Waals surface area (Å²) in [5, 5.41) is 3.64. The van der Waals surface area contributed by atoms with Crippen LogP contribution in [0.1, 0.15) is 26.2 Å². The lowest BCUT2D eigenvalue weighted by Crippen LogP contribution is -2.45. The van der Waals surface area contributed by atoms with Gasteiger partial charge in [-0.1, -0.05) is 18.5 Å². The van der Waals surface area contributed by atoms with E-state index >= 15 is 0 Å². The molecule has 0 radical (unpaired) electrons. The Morgan fingerprint density at radius 3 is 2.62 bits per heavy atom. The van der Waals surface area contributed by atoms with Gasteiger partial charge < -0.3 is 15.0 Å². The molecule has 5 heteroatoms. The summed E-state index contributed by atoms with van der Waals surface area (Å²) in [6.07, 6.45) is 2.96. The molecule has 1 aromatic carbocycles. The van der Waals surface area contributed by atoms with Crippen LogP contribution < -0.4 is 10.1 Å². The number of nitrogens with one attached hydrogen (secondary N) is 1. The molecule has 2 amide bonds. The van der Waals surface area contributed by atoms with Gasteiger partial charge in [0.2, 0.25) is 0 Å². The van der Waals surface area contributed by atoms with Crippen LogP contribution >= 0.6 is 11.6 Å². The molecule has 116 valence electrons. The summed E-state index contributed by atoms with van der Waals surface area (Å²) in [5.41, 5.74) is 0. The van der Waals surface area contributed by atoms with Crippen molar-refractivity contribution in [1.29, 1.82) is 0 Å². The van der Waals surface area contributed by atoms with Crippen molar-refractivity contribution < 1.29 is 9.53 Å². The van der Waals surface area contributed by atoms with Crippen LogP contribution in [0, 0.1) is 5.92 Å². The van der Waals surface area contributed by atoms with Crippen molar-refractivity contribution in [3.63, 3.8) is 0 Å². The number of nitrogens with zero attached hydrogens (tertiary/aromatic N) is 1. The Kier molecular flexibility index (Phi) is 6.18. The zero-order valence-corrected chi connectivity index (χ0v) is 13.2. The Labute approximate surface area is 131 Å². The average molecular weight is 311 g/mol. The number of carbonyl (C=O) groups excluding carboxylic acids is 1. The molecular formula is C16H23ClN2O2. The predicted molar refractivity (Wildman–Crippen MR) is 84.9 cm³/mol. The zero-order chi connectivity index (χ0) is 15.1. The number of piperidine rings is 1. The second-order valence-corrected chi connectivity index (χ2v) is 5.86. The van der Waals surface area contributed by atoms with Crippen LogP contribution in [-0.4, -0.2) is 37.2 Å². The summed E-state index contributed by atoms with van der Waals surface area (Å²) in [5.74, 6) is 1.36. The van der Waals surface area contributed by atoms with Gasteiger partial charge in [-0.2, -0.15) is 0 Å². The van der Waals surface area contributed by atoms with Gasteiger partial charge in [0.05, 0.1) is 6.61 Å². The number of rotatable bonds is 5. The van der Waals surface area contributed by atoms with E-state index in [1.807, 2.05) is 29.2 Å². The molecular weight excluding hydrogens is 288 g/mol. The molecule has 0 bridgehead atoms. The van der Waals surface area contributed by atoms with E-state index in [0.717, 1.165) is 44.6 Å². The molecule has 0 unspecified atom stereocenters. The molecule has 1 aliphatic rings. The van der Waals surface area contributed by atoms with E-state index in [4.69, 9.17) is 16.3 Å². The Morgan fingerprint density at radius 2 is 2.00 bits per heavy atom. The van der Waals surface area contributed by atoms with Crippen molar-refractivity contribution in [2.24, 2.45) is 5.92 Å². The first-order valence-electron chi connectivity index (χ1n) is 7.60. The topological polar surface area (TPSA) is 41.6 Å². The second-order valence-electron chi connectivity index (χ2n) is 5.43. The Bertz CT molecular complexity index is 442. The van der Waals surface area contributed by atoms with Crippen LogP contribution in [0.5, 0.6) is 5.75 Å². The molecule has 0 spiro atoms. The van der Waals surface area contributed by atoms with Crippen LogP contribution in [0.3, 0.4) is 0 Å². The van der Waals surface area contributed by atoms with E-state index < -0.39 is 0 Å². The minimum absolute atomic E-state index is 0.0638. The maximum atomic E-state index is 11.8. The third-order valence-corrected chi connectivity index (χ3v) is 3.98. The fourth-order valence-corrected chi connectivity index (χ4v) is 2.52. The van der Waals surface area contributed by atoms with Gasteiger partial charge in [-0.25, -0.2) is 4.79 Å². The first kappa shape index (κ1) is 16.0. The van der Waals surface area contributed by atoms with Crippen molar-refractivity contribution in [2.75, 3.05) is 26.2 Å².